The van der Waals surface area contributed by atoms with Gasteiger partial charge in [0.2, 0.25) is 0 Å². The second-order valence-corrected chi connectivity index (χ2v) is 3.67. The van der Waals surface area contributed by atoms with Crippen LogP contribution in [0.25, 0.3) is 0 Å². The Morgan fingerprint density at radius 2 is 1.94 bits per heavy atom. The molecule has 0 N–H and O–H groups in total. The van der Waals surface area contributed by atoms with Gasteiger partial charge in [0, 0.05) is 6.08 Å². The lowest BCUT2D eigenvalue weighted by molar-refractivity contribution is -0.164. The number of hydrogen-bond acceptors (Lipinski definition) is 4. The van der Waals surface area contributed by atoms with Crippen LogP contribution in [-0.2, 0) is 25.7 Å². The van der Waals surface area contributed by atoms with Crippen molar-refractivity contribution in [3.05, 3.63) is 48.0 Å². The van der Waals surface area contributed by atoms with Crippen LogP contribution in [0.1, 0.15) is 19.4 Å². The zero-order chi connectivity index (χ0) is 13.4. The highest BCUT2D eigenvalue weighted by atomic mass is 16.6. The van der Waals surface area contributed by atoms with Gasteiger partial charge in [0.1, 0.15) is 6.61 Å². The molecule has 0 aromatic heterocycles. The summed E-state index contributed by atoms with van der Waals surface area (Å²) in [4.78, 5) is 22.6. The van der Waals surface area contributed by atoms with E-state index >= 15 is 0 Å². The molecule has 0 aliphatic rings. The lowest BCUT2D eigenvalue weighted by Gasteiger charge is -2.11. The molecule has 1 unspecified atom stereocenters. The van der Waals surface area contributed by atoms with Gasteiger partial charge in [-0.05, 0) is 19.4 Å². The lowest BCUT2D eigenvalue weighted by atomic mass is 10.2. The first-order valence-electron chi connectivity index (χ1n) is 5.67. The predicted molar refractivity (Wildman–Crippen MR) is 66.6 cm³/mol. The predicted octanol–water partition coefficient (Wildman–Crippen LogP) is 2.24. The van der Waals surface area contributed by atoms with Gasteiger partial charge in [0.05, 0.1) is 0 Å². The first-order valence-corrected chi connectivity index (χ1v) is 5.67. The molecule has 0 radical (unpaired) electrons. The summed E-state index contributed by atoms with van der Waals surface area (Å²) in [5.41, 5.74) is 0.887. The number of esters is 2. The van der Waals surface area contributed by atoms with E-state index in [1.165, 1.54) is 13.0 Å². The smallest absolute Gasteiger partial charge is 0.347 e. The molecule has 0 heterocycles. The molecule has 0 spiro atoms. The quantitative estimate of drug-likeness (QED) is 0.592. The van der Waals surface area contributed by atoms with Crippen LogP contribution in [-0.4, -0.2) is 18.0 Å². The van der Waals surface area contributed by atoms with Gasteiger partial charge < -0.3 is 9.47 Å². The minimum atomic E-state index is -0.905. The van der Waals surface area contributed by atoms with Crippen molar-refractivity contribution >= 4 is 11.9 Å². The highest BCUT2D eigenvalue weighted by Crippen LogP contribution is 2.03. The molecule has 96 valence electrons. The van der Waals surface area contributed by atoms with Crippen molar-refractivity contribution in [3.63, 3.8) is 0 Å². The van der Waals surface area contributed by atoms with E-state index in [0.717, 1.165) is 5.56 Å². The Morgan fingerprint density at radius 1 is 1.28 bits per heavy atom. The van der Waals surface area contributed by atoms with Gasteiger partial charge in [-0.1, -0.05) is 36.4 Å². The van der Waals surface area contributed by atoms with Crippen molar-refractivity contribution in [3.8, 4) is 0 Å². The van der Waals surface area contributed by atoms with Crippen molar-refractivity contribution in [2.24, 2.45) is 0 Å². The fourth-order valence-electron chi connectivity index (χ4n) is 1.24. The van der Waals surface area contributed by atoms with Crippen molar-refractivity contribution in [1.29, 1.82) is 0 Å². The molecule has 0 aliphatic heterocycles. The van der Waals surface area contributed by atoms with Crippen LogP contribution in [0.5, 0.6) is 0 Å². The Bertz CT molecular complexity index is 423. The number of hydrogen-bond donors (Lipinski definition) is 0. The van der Waals surface area contributed by atoms with E-state index in [-0.39, 0.29) is 6.61 Å². The van der Waals surface area contributed by atoms with E-state index < -0.39 is 18.0 Å². The number of allylic oxidation sites excluding steroid dienone is 1. The monoisotopic (exact) mass is 248 g/mol. The summed E-state index contributed by atoms with van der Waals surface area (Å²) in [6.07, 6.45) is 1.89. The molecule has 1 rings (SSSR count). The van der Waals surface area contributed by atoms with Gasteiger partial charge in [0.15, 0.2) is 6.10 Å². The Kier molecular flexibility index (Phi) is 5.64. The molecule has 4 heteroatoms. The summed E-state index contributed by atoms with van der Waals surface area (Å²) < 4.78 is 9.87. The van der Waals surface area contributed by atoms with Gasteiger partial charge in [0.25, 0.3) is 0 Å². The molecular formula is C14H16O4. The van der Waals surface area contributed by atoms with E-state index in [9.17, 15) is 9.59 Å². The van der Waals surface area contributed by atoms with Crippen LogP contribution in [0.2, 0.25) is 0 Å². The largest absolute Gasteiger partial charge is 0.458 e. The maximum absolute atomic E-state index is 11.5. The molecule has 18 heavy (non-hydrogen) atoms. The van der Waals surface area contributed by atoms with Crippen molar-refractivity contribution in [2.75, 3.05) is 0 Å². The Morgan fingerprint density at radius 3 is 2.56 bits per heavy atom. The van der Waals surface area contributed by atoms with E-state index in [1.54, 1.807) is 13.0 Å². The molecule has 0 aliphatic carbocycles. The zero-order valence-electron chi connectivity index (χ0n) is 10.5. The first kappa shape index (κ1) is 14.0. The number of benzene rings is 1. The standard InChI is InChI=1S/C14H16O4/c1-3-7-13(15)18-11(2)14(16)17-10-12-8-5-4-6-9-12/h3-9,11H,10H2,1-2H3/b7-3-. The van der Waals surface area contributed by atoms with E-state index in [0.29, 0.717) is 0 Å². The fourth-order valence-corrected chi connectivity index (χ4v) is 1.24. The van der Waals surface area contributed by atoms with Crippen molar-refractivity contribution in [1.82, 2.24) is 0 Å². The van der Waals surface area contributed by atoms with Gasteiger partial charge in [-0.25, -0.2) is 9.59 Å². The third-order valence-corrected chi connectivity index (χ3v) is 2.15. The lowest BCUT2D eigenvalue weighted by Crippen LogP contribution is -2.25. The van der Waals surface area contributed by atoms with Crippen molar-refractivity contribution < 1.29 is 19.1 Å². The highest BCUT2D eigenvalue weighted by molar-refractivity contribution is 5.85. The molecule has 1 aromatic carbocycles. The maximum atomic E-state index is 11.5. The highest BCUT2D eigenvalue weighted by Gasteiger charge is 2.17. The molecule has 0 saturated carbocycles. The van der Waals surface area contributed by atoms with Crippen LogP contribution in [0.3, 0.4) is 0 Å². The molecular weight excluding hydrogens is 232 g/mol. The summed E-state index contributed by atoms with van der Waals surface area (Å²) >= 11 is 0. The normalized spacial score (nSPS) is 12.1. The zero-order valence-corrected chi connectivity index (χ0v) is 10.5. The van der Waals surface area contributed by atoms with Gasteiger partial charge in [-0.15, -0.1) is 0 Å². The third kappa shape index (κ3) is 4.82. The second kappa shape index (κ2) is 7.27. The maximum Gasteiger partial charge on any atom is 0.347 e. The molecule has 4 nitrogen and oxygen atoms in total. The number of rotatable bonds is 5. The van der Waals surface area contributed by atoms with Crippen LogP contribution < -0.4 is 0 Å². The SMILES string of the molecule is C/C=C\C(=O)OC(C)C(=O)OCc1ccccc1. The minimum absolute atomic E-state index is 0.172. The summed E-state index contributed by atoms with van der Waals surface area (Å²) in [6, 6.07) is 9.30. The Balaban J connectivity index is 2.39. The Labute approximate surface area is 106 Å². The molecule has 1 aromatic rings. The van der Waals surface area contributed by atoms with Crippen LogP contribution in [0.15, 0.2) is 42.5 Å². The summed E-state index contributed by atoms with van der Waals surface area (Å²) in [7, 11) is 0. The molecule has 1 atom stereocenters. The molecule has 0 amide bonds. The second-order valence-electron chi connectivity index (χ2n) is 3.67. The van der Waals surface area contributed by atoms with E-state index in [4.69, 9.17) is 9.47 Å². The minimum Gasteiger partial charge on any atom is -0.458 e. The number of ether oxygens (including phenoxy) is 2. The van der Waals surface area contributed by atoms with Crippen LogP contribution in [0, 0.1) is 0 Å². The number of carbonyl (C=O) groups excluding carboxylic acids is 2. The average molecular weight is 248 g/mol. The van der Waals surface area contributed by atoms with E-state index in [1.807, 2.05) is 30.3 Å². The molecule has 0 bridgehead atoms. The first-order chi connectivity index (χ1) is 8.63. The average Bonchev–Trinajstić information content (AvgIpc) is 2.37. The Hall–Kier alpha value is -2.10. The topological polar surface area (TPSA) is 52.6 Å². The van der Waals surface area contributed by atoms with E-state index in [2.05, 4.69) is 0 Å². The van der Waals surface area contributed by atoms with Gasteiger partial charge >= 0.3 is 11.9 Å². The molecule has 0 saturated heterocycles. The fraction of sp³-hybridized carbons (Fsp3) is 0.286. The van der Waals surface area contributed by atoms with Crippen molar-refractivity contribution in [2.45, 2.75) is 26.6 Å². The van der Waals surface area contributed by atoms with Gasteiger partial charge in [-0.2, -0.15) is 0 Å². The summed E-state index contributed by atoms with van der Waals surface area (Å²) in [5, 5.41) is 0. The van der Waals surface area contributed by atoms with Crippen LogP contribution in [0.4, 0.5) is 0 Å². The third-order valence-electron chi connectivity index (χ3n) is 2.15. The van der Waals surface area contributed by atoms with Gasteiger partial charge in [-0.3, -0.25) is 0 Å². The molecule has 0 fully saturated rings. The van der Waals surface area contributed by atoms with Crippen LogP contribution >= 0.6 is 0 Å². The number of carbonyl (C=O) groups is 2. The summed E-state index contributed by atoms with van der Waals surface area (Å²) in [5.74, 6) is -1.11. The summed E-state index contributed by atoms with van der Waals surface area (Å²) in [6.45, 7) is 3.35.